The van der Waals surface area contributed by atoms with Crippen LogP contribution in [0.5, 0.6) is 0 Å². The SMILES string of the molecule is O=C(O)CCCN1C=C(C(=O)OCc2ccc(Cl)cc2Cl)C(c2ccc(Cl)cc2Cl)NS1. The number of rotatable bonds is 8. The number of carbonyl (C=O) groups is 2. The average molecular weight is 536 g/mol. The molecule has 0 amide bonds. The van der Waals surface area contributed by atoms with Gasteiger partial charge in [-0.25, -0.2) is 9.52 Å². The van der Waals surface area contributed by atoms with Crippen molar-refractivity contribution >= 4 is 70.5 Å². The van der Waals surface area contributed by atoms with Crippen molar-refractivity contribution in [3.05, 3.63) is 79.4 Å². The van der Waals surface area contributed by atoms with Crippen molar-refractivity contribution in [2.24, 2.45) is 0 Å². The highest BCUT2D eigenvalue weighted by atomic mass is 35.5. The molecule has 1 unspecified atom stereocenters. The molecule has 1 atom stereocenters. The third-order valence-corrected chi connectivity index (χ3v) is 6.55. The highest BCUT2D eigenvalue weighted by Gasteiger charge is 2.31. The standard InChI is InChI=1S/C21H18Cl4N2O4S/c22-13-4-3-12(17(24)8-13)11-31-21(30)16-10-27(7-1-2-19(28)29)32-26-20(16)15-6-5-14(23)9-18(15)25/h3-6,8-10,20,26H,1-2,7,11H2,(H,28,29). The Morgan fingerprint density at radius 1 is 1.06 bits per heavy atom. The van der Waals surface area contributed by atoms with E-state index >= 15 is 0 Å². The van der Waals surface area contributed by atoms with E-state index in [4.69, 9.17) is 56.2 Å². The fourth-order valence-corrected chi connectivity index (χ4v) is 4.80. The van der Waals surface area contributed by atoms with Gasteiger partial charge >= 0.3 is 11.9 Å². The number of carboxylic acids is 1. The smallest absolute Gasteiger partial charge is 0.337 e. The maximum Gasteiger partial charge on any atom is 0.337 e. The van der Waals surface area contributed by atoms with Crippen LogP contribution in [0.15, 0.2) is 48.2 Å². The fraction of sp³-hybridized carbons (Fsp3) is 0.238. The van der Waals surface area contributed by atoms with Gasteiger partial charge in [0.1, 0.15) is 6.61 Å². The molecule has 0 aliphatic carbocycles. The zero-order chi connectivity index (χ0) is 23.3. The zero-order valence-electron chi connectivity index (χ0n) is 16.5. The van der Waals surface area contributed by atoms with E-state index in [0.29, 0.717) is 49.8 Å². The van der Waals surface area contributed by atoms with Gasteiger partial charge in [-0.3, -0.25) is 4.79 Å². The zero-order valence-corrected chi connectivity index (χ0v) is 20.3. The summed E-state index contributed by atoms with van der Waals surface area (Å²) >= 11 is 25.7. The van der Waals surface area contributed by atoms with E-state index in [1.807, 2.05) is 0 Å². The molecule has 3 rings (SSSR count). The summed E-state index contributed by atoms with van der Waals surface area (Å²) in [6.07, 6.45) is 2.08. The second kappa shape index (κ2) is 11.5. The Morgan fingerprint density at radius 3 is 2.41 bits per heavy atom. The molecule has 2 aromatic rings. The number of hydrogen-bond donors (Lipinski definition) is 2. The number of carbonyl (C=O) groups excluding carboxylic acids is 1. The highest BCUT2D eigenvalue weighted by Crippen LogP contribution is 2.36. The molecule has 0 saturated carbocycles. The molecule has 0 fully saturated rings. The summed E-state index contributed by atoms with van der Waals surface area (Å²) in [7, 11) is 0. The molecule has 1 aliphatic rings. The molecule has 0 spiro atoms. The van der Waals surface area contributed by atoms with Crippen molar-refractivity contribution in [2.45, 2.75) is 25.5 Å². The lowest BCUT2D eigenvalue weighted by Crippen LogP contribution is -2.32. The van der Waals surface area contributed by atoms with Crippen LogP contribution in [0.25, 0.3) is 0 Å². The van der Waals surface area contributed by atoms with E-state index < -0.39 is 18.0 Å². The minimum Gasteiger partial charge on any atom is -0.481 e. The lowest BCUT2D eigenvalue weighted by molar-refractivity contribution is -0.141. The molecule has 0 saturated heterocycles. The maximum absolute atomic E-state index is 13.0. The molecule has 0 aromatic heterocycles. The quantitative estimate of drug-likeness (QED) is 0.303. The second-order valence-electron chi connectivity index (χ2n) is 6.84. The van der Waals surface area contributed by atoms with Crippen LogP contribution in [0, 0.1) is 0 Å². The number of carboxylic acid groups (broad SMARTS) is 1. The molecule has 1 heterocycles. The number of aliphatic carboxylic acids is 1. The lowest BCUT2D eigenvalue weighted by Gasteiger charge is -2.31. The molecule has 11 heteroatoms. The number of esters is 1. The van der Waals surface area contributed by atoms with E-state index in [1.54, 1.807) is 46.9 Å². The summed E-state index contributed by atoms with van der Waals surface area (Å²) in [5.41, 5.74) is 1.58. The molecular weight excluding hydrogens is 518 g/mol. The van der Waals surface area contributed by atoms with Gasteiger partial charge in [-0.1, -0.05) is 58.5 Å². The van der Waals surface area contributed by atoms with Crippen LogP contribution < -0.4 is 4.72 Å². The lowest BCUT2D eigenvalue weighted by atomic mass is 10.00. The maximum atomic E-state index is 13.0. The number of ether oxygens (including phenoxy) is 1. The van der Waals surface area contributed by atoms with E-state index in [0.717, 1.165) is 0 Å². The first-order valence-corrected chi connectivity index (χ1v) is 11.7. The van der Waals surface area contributed by atoms with Gasteiger partial charge in [-0.15, -0.1) is 0 Å². The Balaban J connectivity index is 1.82. The third kappa shape index (κ3) is 6.70. The summed E-state index contributed by atoms with van der Waals surface area (Å²) in [5.74, 6) is -1.45. The van der Waals surface area contributed by atoms with Gasteiger partial charge in [-0.05, 0) is 36.2 Å². The molecule has 6 nitrogen and oxygen atoms in total. The summed E-state index contributed by atoms with van der Waals surface area (Å²) in [4.78, 5) is 23.8. The fourth-order valence-electron chi connectivity index (χ4n) is 2.94. The summed E-state index contributed by atoms with van der Waals surface area (Å²) in [6, 6.07) is 9.38. The Bertz CT molecular complexity index is 1050. The van der Waals surface area contributed by atoms with Crippen LogP contribution in [0.4, 0.5) is 0 Å². The minimum atomic E-state index is -0.880. The van der Waals surface area contributed by atoms with Gasteiger partial charge in [0.2, 0.25) is 0 Å². The van der Waals surface area contributed by atoms with Crippen LogP contribution in [-0.4, -0.2) is 27.9 Å². The normalized spacial score (nSPS) is 15.9. The van der Waals surface area contributed by atoms with E-state index in [1.165, 1.54) is 12.1 Å². The van der Waals surface area contributed by atoms with Crippen molar-refractivity contribution in [3.63, 3.8) is 0 Å². The predicted octanol–water partition coefficient (Wildman–Crippen LogP) is 6.30. The number of halogens is 4. The summed E-state index contributed by atoms with van der Waals surface area (Å²) < 4.78 is 10.5. The molecular formula is C21H18Cl4N2O4S. The van der Waals surface area contributed by atoms with Crippen LogP contribution in [0.3, 0.4) is 0 Å². The first-order chi connectivity index (χ1) is 15.2. The van der Waals surface area contributed by atoms with Crippen molar-refractivity contribution in [1.29, 1.82) is 0 Å². The Kier molecular flexibility index (Phi) is 8.99. The van der Waals surface area contributed by atoms with Crippen molar-refractivity contribution in [3.8, 4) is 0 Å². The predicted molar refractivity (Wildman–Crippen MR) is 128 cm³/mol. The van der Waals surface area contributed by atoms with Crippen molar-refractivity contribution in [2.75, 3.05) is 6.54 Å². The molecule has 170 valence electrons. The van der Waals surface area contributed by atoms with Gasteiger partial charge in [0.05, 0.1) is 11.6 Å². The summed E-state index contributed by atoms with van der Waals surface area (Å²) in [5, 5.41) is 10.6. The van der Waals surface area contributed by atoms with E-state index in [9.17, 15) is 9.59 Å². The Morgan fingerprint density at radius 2 is 1.75 bits per heavy atom. The Hall–Kier alpha value is -1.61. The topological polar surface area (TPSA) is 78.9 Å². The average Bonchev–Trinajstić information content (AvgIpc) is 2.73. The number of nitrogens with zero attached hydrogens (tertiary/aromatic N) is 1. The molecule has 0 radical (unpaired) electrons. The van der Waals surface area contributed by atoms with Crippen molar-refractivity contribution < 1.29 is 19.4 Å². The van der Waals surface area contributed by atoms with Crippen molar-refractivity contribution in [1.82, 2.24) is 9.03 Å². The van der Waals surface area contributed by atoms with E-state index in [-0.39, 0.29) is 13.0 Å². The number of nitrogens with one attached hydrogen (secondary N) is 1. The molecule has 2 N–H and O–H groups in total. The van der Waals surface area contributed by atoms with Gasteiger partial charge in [0.25, 0.3) is 0 Å². The molecule has 1 aliphatic heterocycles. The largest absolute Gasteiger partial charge is 0.481 e. The summed E-state index contributed by atoms with van der Waals surface area (Å²) in [6.45, 7) is 0.379. The molecule has 32 heavy (non-hydrogen) atoms. The second-order valence-corrected chi connectivity index (χ2v) is 9.42. The van der Waals surface area contributed by atoms with Gasteiger partial charge < -0.3 is 14.1 Å². The first-order valence-electron chi connectivity index (χ1n) is 9.43. The molecule has 2 aromatic carbocycles. The van der Waals surface area contributed by atoms with E-state index in [2.05, 4.69) is 4.72 Å². The van der Waals surface area contributed by atoms with Crippen LogP contribution in [-0.2, 0) is 20.9 Å². The van der Waals surface area contributed by atoms with Crippen LogP contribution >= 0.6 is 58.5 Å². The van der Waals surface area contributed by atoms with Gasteiger partial charge in [-0.2, -0.15) is 0 Å². The monoisotopic (exact) mass is 534 g/mol. The van der Waals surface area contributed by atoms with Gasteiger partial charge in [0, 0.05) is 57.0 Å². The van der Waals surface area contributed by atoms with Gasteiger partial charge in [0.15, 0.2) is 0 Å². The Labute approximate surface area is 209 Å². The number of hydrogen-bond acceptors (Lipinski definition) is 6. The first kappa shape index (κ1) is 25.0. The van der Waals surface area contributed by atoms with Crippen LogP contribution in [0.2, 0.25) is 20.1 Å². The highest BCUT2D eigenvalue weighted by molar-refractivity contribution is 7.95. The van der Waals surface area contributed by atoms with Crippen LogP contribution in [0.1, 0.15) is 30.0 Å². The number of benzene rings is 2. The molecule has 0 bridgehead atoms. The minimum absolute atomic E-state index is 0.0200. The third-order valence-electron chi connectivity index (χ3n) is 4.53.